The first-order valence-corrected chi connectivity index (χ1v) is 3.93. The van der Waals surface area contributed by atoms with Gasteiger partial charge in [-0.05, 0) is 12.8 Å². The van der Waals surface area contributed by atoms with Gasteiger partial charge in [0.1, 0.15) is 0 Å². The van der Waals surface area contributed by atoms with Crippen molar-refractivity contribution < 1.29 is 4.74 Å². The van der Waals surface area contributed by atoms with E-state index in [2.05, 4.69) is 5.92 Å². The summed E-state index contributed by atoms with van der Waals surface area (Å²) in [5.74, 6) is 2.51. The third kappa shape index (κ3) is 1.95. The Bertz CT molecular complexity index is 136. The van der Waals surface area contributed by atoms with E-state index >= 15 is 0 Å². The van der Waals surface area contributed by atoms with E-state index in [0.29, 0.717) is 0 Å². The number of nitrogens with two attached hydrogens (primary N) is 1. The van der Waals surface area contributed by atoms with Gasteiger partial charge in [0, 0.05) is 7.11 Å². The monoisotopic (exact) mass is 155 g/mol. The predicted molar refractivity (Wildman–Crippen MR) is 47.1 cm³/mol. The molecule has 0 aromatic rings. The Morgan fingerprint density at radius 2 is 2.00 bits per heavy atom. The highest BCUT2D eigenvalue weighted by Gasteiger charge is 2.31. The van der Waals surface area contributed by atoms with Crippen LogP contribution in [0.15, 0.2) is 0 Å². The highest BCUT2D eigenvalue weighted by atomic mass is 16.5. The standard InChI is InChI=1S/C9H17NO/c1-5-8(10)9(6-2,7-3)11-4/h1,8H,6-7,10H2,2-4H3. The largest absolute Gasteiger partial charge is 0.376 e. The molecule has 64 valence electrons. The highest BCUT2D eigenvalue weighted by molar-refractivity contribution is 5.08. The van der Waals surface area contributed by atoms with Crippen molar-refractivity contribution in [3.63, 3.8) is 0 Å². The number of hydrogen-bond acceptors (Lipinski definition) is 2. The summed E-state index contributed by atoms with van der Waals surface area (Å²) in [6.45, 7) is 4.06. The number of ether oxygens (including phenoxy) is 1. The minimum absolute atomic E-state index is 0.303. The van der Waals surface area contributed by atoms with Gasteiger partial charge in [-0.25, -0.2) is 0 Å². The van der Waals surface area contributed by atoms with Crippen molar-refractivity contribution in [1.29, 1.82) is 0 Å². The molecule has 0 aliphatic heterocycles. The molecule has 11 heavy (non-hydrogen) atoms. The van der Waals surface area contributed by atoms with Crippen LogP contribution in [0, 0.1) is 12.3 Å². The summed E-state index contributed by atoms with van der Waals surface area (Å²) >= 11 is 0. The molecule has 2 N–H and O–H groups in total. The van der Waals surface area contributed by atoms with E-state index in [1.165, 1.54) is 0 Å². The Morgan fingerprint density at radius 1 is 1.55 bits per heavy atom. The summed E-state index contributed by atoms with van der Waals surface area (Å²) < 4.78 is 5.32. The van der Waals surface area contributed by atoms with E-state index in [-0.39, 0.29) is 11.6 Å². The number of terminal acetylenes is 1. The summed E-state index contributed by atoms with van der Waals surface area (Å²) in [4.78, 5) is 0. The van der Waals surface area contributed by atoms with Gasteiger partial charge in [-0.1, -0.05) is 19.8 Å². The first-order valence-electron chi connectivity index (χ1n) is 3.93. The lowest BCUT2D eigenvalue weighted by molar-refractivity contribution is -0.0243. The molecule has 0 saturated carbocycles. The smallest absolute Gasteiger partial charge is 0.0955 e. The van der Waals surface area contributed by atoms with Gasteiger partial charge < -0.3 is 10.5 Å². The molecule has 0 amide bonds. The van der Waals surface area contributed by atoms with Gasteiger partial charge in [0.15, 0.2) is 0 Å². The van der Waals surface area contributed by atoms with Crippen molar-refractivity contribution in [1.82, 2.24) is 0 Å². The molecule has 0 aromatic heterocycles. The first kappa shape index (κ1) is 10.5. The minimum Gasteiger partial charge on any atom is -0.376 e. The van der Waals surface area contributed by atoms with Crippen LogP contribution in [0.2, 0.25) is 0 Å². The van der Waals surface area contributed by atoms with Crippen LogP contribution in [0.4, 0.5) is 0 Å². The van der Waals surface area contributed by atoms with Crippen molar-refractivity contribution in [3.8, 4) is 12.3 Å². The summed E-state index contributed by atoms with van der Waals surface area (Å²) in [5, 5.41) is 0. The second-order valence-corrected chi connectivity index (χ2v) is 2.62. The van der Waals surface area contributed by atoms with E-state index in [1.54, 1.807) is 7.11 Å². The number of hydrogen-bond donors (Lipinski definition) is 1. The predicted octanol–water partition coefficient (Wildman–Crippen LogP) is 1.15. The van der Waals surface area contributed by atoms with Gasteiger partial charge in [-0.2, -0.15) is 0 Å². The maximum absolute atomic E-state index is 5.72. The second-order valence-electron chi connectivity index (χ2n) is 2.62. The molecule has 1 atom stereocenters. The lowest BCUT2D eigenvalue weighted by Gasteiger charge is -2.33. The van der Waals surface area contributed by atoms with Crippen LogP contribution in [0.5, 0.6) is 0 Å². The molecule has 0 spiro atoms. The topological polar surface area (TPSA) is 35.2 Å². The molecule has 2 heteroatoms. The Hall–Kier alpha value is -0.520. The molecular weight excluding hydrogens is 138 g/mol. The fourth-order valence-electron chi connectivity index (χ4n) is 1.26. The quantitative estimate of drug-likeness (QED) is 0.618. The lowest BCUT2D eigenvalue weighted by Crippen LogP contribution is -2.47. The average Bonchev–Trinajstić information content (AvgIpc) is 2.08. The maximum atomic E-state index is 5.72. The van der Waals surface area contributed by atoms with E-state index in [4.69, 9.17) is 16.9 Å². The zero-order chi connectivity index (χ0) is 8.91. The zero-order valence-corrected chi connectivity index (χ0v) is 7.55. The molecule has 2 nitrogen and oxygen atoms in total. The van der Waals surface area contributed by atoms with Crippen molar-refractivity contribution >= 4 is 0 Å². The summed E-state index contributed by atoms with van der Waals surface area (Å²) in [5.41, 5.74) is 5.40. The highest BCUT2D eigenvalue weighted by Crippen LogP contribution is 2.22. The molecule has 0 heterocycles. The van der Waals surface area contributed by atoms with Crippen molar-refractivity contribution in [3.05, 3.63) is 0 Å². The van der Waals surface area contributed by atoms with E-state index in [9.17, 15) is 0 Å². The van der Waals surface area contributed by atoms with Crippen LogP contribution in [-0.2, 0) is 4.74 Å². The van der Waals surface area contributed by atoms with Crippen molar-refractivity contribution in [2.45, 2.75) is 38.3 Å². The molecular formula is C9H17NO. The van der Waals surface area contributed by atoms with Crippen LogP contribution < -0.4 is 5.73 Å². The molecule has 0 radical (unpaired) electrons. The van der Waals surface area contributed by atoms with Crippen LogP contribution in [-0.4, -0.2) is 18.8 Å². The average molecular weight is 155 g/mol. The van der Waals surface area contributed by atoms with E-state index < -0.39 is 0 Å². The van der Waals surface area contributed by atoms with Crippen LogP contribution >= 0.6 is 0 Å². The summed E-state index contributed by atoms with van der Waals surface area (Å²) in [7, 11) is 1.66. The normalized spacial score (nSPS) is 14.1. The van der Waals surface area contributed by atoms with Gasteiger partial charge in [0.2, 0.25) is 0 Å². The number of methoxy groups -OCH3 is 1. The van der Waals surface area contributed by atoms with Crippen molar-refractivity contribution in [2.75, 3.05) is 7.11 Å². The third-order valence-corrected chi connectivity index (χ3v) is 2.35. The summed E-state index contributed by atoms with van der Waals surface area (Å²) in [6, 6.07) is -0.303. The number of rotatable bonds is 4. The molecule has 0 fully saturated rings. The SMILES string of the molecule is C#CC(N)C(CC)(CC)OC. The fraction of sp³-hybridized carbons (Fsp3) is 0.778. The molecule has 0 aliphatic rings. The second kappa shape index (κ2) is 4.38. The minimum atomic E-state index is -0.325. The Morgan fingerprint density at radius 3 is 2.09 bits per heavy atom. The zero-order valence-electron chi connectivity index (χ0n) is 7.55. The molecule has 0 aromatic carbocycles. The van der Waals surface area contributed by atoms with Gasteiger partial charge >= 0.3 is 0 Å². The molecule has 0 rings (SSSR count). The lowest BCUT2D eigenvalue weighted by atomic mass is 9.89. The molecule has 0 saturated heterocycles. The van der Waals surface area contributed by atoms with Crippen LogP contribution in [0.3, 0.4) is 0 Å². The molecule has 1 unspecified atom stereocenters. The maximum Gasteiger partial charge on any atom is 0.0955 e. The van der Waals surface area contributed by atoms with E-state index in [0.717, 1.165) is 12.8 Å². The molecule has 0 aliphatic carbocycles. The first-order chi connectivity index (χ1) is 5.16. The Labute approximate surface area is 69.1 Å². The fourth-order valence-corrected chi connectivity index (χ4v) is 1.26. The van der Waals surface area contributed by atoms with E-state index in [1.807, 2.05) is 13.8 Å². The van der Waals surface area contributed by atoms with Crippen LogP contribution in [0.1, 0.15) is 26.7 Å². The molecule has 0 bridgehead atoms. The van der Waals surface area contributed by atoms with Gasteiger partial charge in [0.05, 0.1) is 11.6 Å². The summed E-state index contributed by atoms with van der Waals surface area (Å²) in [6.07, 6.45) is 6.93. The third-order valence-electron chi connectivity index (χ3n) is 2.35. The van der Waals surface area contributed by atoms with Gasteiger partial charge in [-0.3, -0.25) is 0 Å². The Kier molecular flexibility index (Phi) is 4.17. The van der Waals surface area contributed by atoms with Gasteiger partial charge in [-0.15, -0.1) is 6.42 Å². The van der Waals surface area contributed by atoms with Crippen LogP contribution in [0.25, 0.3) is 0 Å². The van der Waals surface area contributed by atoms with Gasteiger partial charge in [0.25, 0.3) is 0 Å². The van der Waals surface area contributed by atoms with Crippen molar-refractivity contribution in [2.24, 2.45) is 5.73 Å². The Balaban J connectivity index is 4.42.